The first-order chi connectivity index (χ1) is 19.3. The number of aryl methyl sites for hydroxylation is 2. The first-order valence-electron chi connectivity index (χ1n) is 15.0. The number of nitrogens with zero attached hydrogens (tertiary/aromatic N) is 1. The number of unbranched alkanes of at least 4 members (excludes halogenated alkanes) is 4. The van der Waals surface area contributed by atoms with Crippen LogP contribution in [0.1, 0.15) is 102 Å². The maximum Gasteiger partial charge on any atom is 0.408 e. The third kappa shape index (κ3) is 11.2. The van der Waals surface area contributed by atoms with Crippen molar-refractivity contribution in [1.82, 2.24) is 15.5 Å². The molecule has 0 fully saturated rings. The number of alkyl carbamates (subject to hydrolysis) is 1. The molecule has 226 valence electrons. The minimum absolute atomic E-state index is 0.101. The average Bonchev–Trinajstić information content (AvgIpc) is 2.87. The number of ether oxygens (including phenoxy) is 1. The van der Waals surface area contributed by atoms with E-state index < -0.39 is 23.8 Å². The van der Waals surface area contributed by atoms with Crippen molar-refractivity contribution in [3.8, 4) is 0 Å². The fourth-order valence-electron chi connectivity index (χ4n) is 5.00. The number of hydrogen-bond donors (Lipinski definition) is 2. The number of carbonyl (C=O) groups excluding carboxylic acids is 3. The number of hydrogen-bond acceptors (Lipinski definition) is 4. The number of carbonyl (C=O) groups is 3. The molecule has 2 rings (SSSR count). The molecule has 0 saturated heterocycles. The molecule has 3 amide bonds. The first kappa shape index (κ1) is 33.9. The van der Waals surface area contributed by atoms with Gasteiger partial charge in [0.1, 0.15) is 17.7 Å². The van der Waals surface area contributed by atoms with Crippen LogP contribution in [-0.4, -0.2) is 47.0 Å². The number of nitrogens with one attached hydrogen (secondary N) is 2. The fraction of sp³-hybridized carbons (Fsp3) is 0.559. The first-order valence-corrected chi connectivity index (χ1v) is 15.0. The van der Waals surface area contributed by atoms with Gasteiger partial charge >= 0.3 is 6.09 Å². The van der Waals surface area contributed by atoms with Gasteiger partial charge in [0.05, 0.1) is 0 Å². The molecule has 0 aromatic heterocycles. The molecule has 2 unspecified atom stereocenters. The van der Waals surface area contributed by atoms with E-state index in [4.69, 9.17) is 4.74 Å². The van der Waals surface area contributed by atoms with E-state index in [0.29, 0.717) is 6.54 Å². The average molecular weight is 566 g/mol. The number of benzene rings is 2. The minimum atomic E-state index is -0.915. The van der Waals surface area contributed by atoms with Crippen LogP contribution in [0.2, 0.25) is 0 Å². The lowest BCUT2D eigenvalue weighted by Crippen LogP contribution is -2.54. The van der Waals surface area contributed by atoms with Crippen molar-refractivity contribution in [2.24, 2.45) is 0 Å². The molecule has 0 heterocycles. The summed E-state index contributed by atoms with van der Waals surface area (Å²) in [5.74, 6) is -0.531. The maximum atomic E-state index is 14.6. The van der Waals surface area contributed by atoms with Crippen LogP contribution >= 0.6 is 0 Å². The Morgan fingerprint density at radius 2 is 1.46 bits per heavy atom. The molecular formula is C34H51N3O4. The van der Waals surface area contributed by atoms with Gasteiger partial charge < -0.3 is 20.3 Å². The molecule has 2 aromatic carbocycles. The summed E-state index contributed by atoms with van der Waals surface area (Å²) < 4.78 is 5.54. The summed E-state index contributed by atoms with van der Waals surface area (Å²) in [7, 11) is 0. The van der Waals surface area contributed by atoms with Crippen LogP contribution in [0, 0.1) is 13.8 Å². The van der Waals surface area contributed by atoms with Crippen LogP contribution in [0.5, 0.6) is 0 Å². The monoisotopic (exact) mass is 565 g/mol. The van der Waals surface area contributed by atoms with Crippen LogP contribution in [0.4, 0.5) is 4.79 Å². The molecule has 2 aromatic rings. The highest BCUT2D eigenvalue weighted by Crippen LogP contribution is 2.29. The summed E-state index contributed by atoms with van der Waals surface area (Å²) in [4.78, 5) is 43.1. The summed E-state index contributed by atoms with van der Waals surface area (Å²) in [6.45, 7) is 15.7. The summed E-state index contributed by atoms with van der Waals surface area (Å²) in [6.07, 6.45) is 4.62. The van der Waals surface area contributed by atoms with E-state index >= 15 is 0 Å². The molecule has 0 aliphatic rings. The summed E-state index contributed by atoms with van der Waals surface area (Å²) >= 11 is 0. The van der Waals surface area contributed by atoms with Crippen LogP contribution in [-0.2, 0) is 20.7 Å². The van der Waals surface area contributed by atoms with Gasteiger partial charge in [-0.2, -0.15) is 0 Å². The fourth-order valence-corrected chi connectivity index (χ4v) is 5.00. The standard InChI is InChI=1S/C34H51N3O4/c1-9-10-11-12-16-22-37(30(31(38)35-24(2)3)29-25(4)18-17-19-26(29)5)32(39)28(23-27-20-14-13-15-21-27)36-33(40)41-34(6,7)8/h13-15,17-21,24,28,30H,9-12,16,22-23H2,1-8H3,(H,35,38)(H,36,40). The molecule has 2 atom stereocenters. The molecular weight excluding hydrogens is 514 g/mol. The van der Waals surface area contributed by atoms with Crippen LogP contribution in [0.15, 0.2) is 48.5 Å². The molecule has 7 heteroatoms. The minimum Gasteiger partial charge on any atom is -0.444 e. The van der Waals surface area contributed by atoms with Gasteiger partial charge in [-0.05, 0) is 77.1 Å². The third-order valence-corrected chi connectivity index (χ3v) is 6.86. The van der Waals surface area contributed by atoms with Gasteiger partial charge in [0.15, 0.2) is 0 Å². The molecule has 0 aliphatic heterocycles. The molecule has 0 radical (unpaired) electrons. The van der Waals surface area contributed by atoms with E-state index in [9.17, 15) is 14.4 Å². The van der Waals surface area contributed by atoms with Crippen LogP contribution in [0.25, 0.3) is 0 Å². The topological polar surface area (TPSA) is 87.7 Å². The molecule has 7 nitrogen and oxygen atoms in total. The Morgan fingerprint density at radius 3 is 2.02 bits per heavy atom. The lowest BCUT2D eigenvalue weighted by molar-refractivity contribution is -0.142. The van der Waals surface area contributed by atoms with E-state index in [1.54, 1.807) is 25.7 Å². The zero-order valence-electron chi connectivity index (χ0n) is 26.4. The van der Waals surface area contributed by atoms with E-state index in [2.05, 4.69) is 17.6 Å². The van der Waals surface area contributed by atoms with E-state index in [0.717, 1.165) is 54.4 Å². The highest BCUT2D eigenvalue weighted by molar-refractivity contribution is 5.92. The molecule has 0 bridgehead atoms. The van der Waals surface area contributed by atoms with Gasteiger partial charge in [-0.1, -0.05) is 81.1 Å². The Hall–Kier alpha value is -3.35. The lowest BCUT2D eigenvalue weighted by atomic mass is 9.92. The van der Waals surface area contributed by atoms with Gasteiger partial charge in [-0.25, -0.2) is 4.79 Å². The summed E-state index contributed by atoms with van der Waals surface area (Å²) in [5, 5.41) is 5.90. The summed E-state index contributed by atoms with van der Waals surface area (Å²) in [5.41, 5.74) is 2.89. The predicted octanol–water partition coefficient (Wildman–Crippen LogP) is 6.80. The molecule has 0 aliphatic carbocycles. The van der Waals surface area contributed by atoms with Crippen molar-refractivity contribution in [2.45, 2.75) is 118 Å². The molecule has 0 saturated carbocycles. The Bertz CT molecular complexity index is 1100. The Labute approximate surface area is 247 Å². The van der Waals surface area contributed by atoms with E-state index in [1.165, 1.54) is 0 Å². The second kappa shape index (κ2) is 16.2. The van der Waals surface area contributed by atoms with Crippen molar-refractivity contribution in [3.63, 3.8) is 0 Å². The Balaban J connectivity index is 2.59. The second-order valence-electron chi connectivity index (χ2n) is 12.2. The van der Waals surface area contributed by atoms with Crippen LogP contribution < -0.4 is 10.6 Å². The molecule has 2 N–H and O–H groups in total. The lowest BCUT2D eigenvalue weighted by Gasteiger charge is -2.36. The van der Waals surface area contributed by atoms with Crippen molar-refractivity contribution in [2.75, 3.05) is 6.54 Å². The van der Waals surface area contributed by atoms with Crippen LogP contribution in [0.3, 0.4) is 0 Å². The van der Waals surface area contributed by atoms with Gasteiger partial charge in [0.25, 0.3) is 0 Å². The molecule has 0 spiro atoms. The highest BCUT2D eigenvalue weighted by Gasteiger charge is 2.37. The zero-order chi connectivity index (χ0) is 30.6. The van der Waals surface area contributed by atoms with Crippen molar-refractivity contribution in [1.29, 1.82) is 0 Å². The van der Waals surface area contributed by atoms with Gasteiger partial charge in [0, 0.05) is 19.0 Å². The highest BCUT2D eigenvalue weighted by atomic mass is 16.6. The number of amides is 3. The van der Waals surface area contributed by atoms with Crippen molar-refractivity contribution < 1.29 is 19.1 Å². The maximum absolute atomic E-state index is 14.6. The quantitative estimate of drug-likeness (QED) is 0.247. The summed E-state index contributed by atoms with van der Waals surface area (Å²) in [6, 6.07) is 13.7. The second-order valence-corrected chi connectivity index (χ2v) is 12.2. The normalized spacial score (nSPS) is 12.9. The van der Waals surface area contributed by atoms with Crippen molar-refractivity contribution in [3.05, 3.63) is 70.8 Å². The van der Waals surface area contributed by atoms with E-state index in [-0.39, 0.29) is 24.3 Å². The van der Waals surface area contributed by atoms with Gasteiger partial charge in [-0.15, -0.1) is 0 Å². The Kier molecular flexibility index (Phi) is 13.4. The zero-order valence-corrected chi connectivity index (χ0v) is 26.4. The van der Waals surface area contributed by atoms with Gasteiger partial charge in [0.2, 0.25) is 11.8 Å². The predicted molar refractivity (Wildman–Crippen MR) is 166 cm³/mol. The van der Waals surface area contributed by atoms with Crippen molar-refractivity contribution >= 4 is 17.9 Å². The van der Waals surface area contributed by atoms with Gasteiger partial charge in [-0.3, -0.25) is 9.59 Å². The Morgan fingerprint density at radius 1 is 0.854 bits per heavy atom. The largest absolute Gasteiger partial charge is 0.444 e. The molecule has 41 heavy (non-hydrogen) atoms. The number of rotatable bonds is 14. The smallest absolute Gasteiger partial charge is 0.408 e. The van der Waals surface area contributed by atoms with E-state index in [1.807, 2.05) is 76.2 Å². The SMILES string of the molecule is CCCCCCCN(C(=O)C(Cc1ccccc1)NC(=O)OC(C)(C)C)C(C(=O)NC(C)C)c1c(C)cccc1C. The third-order valence-electron chi connectivity index (χ3n) is 6.86.